The average molecular weight is 439 g/mol. The van der Waals surface area contributed by atoms with Gasteiger partial charge in [0.1, 0.15) is 0 Å². The Hall–Kier alpha value is -2.65. The molecule has 1 amide bonds. The Bertz CT molecular complexity index is 1010. The fourth-order valence-corrected chi connectivity index (χ4v) is 5.04. The SMILES string of the molecule is O=C(COc1ccccc1[N+](=O)[O-])N(Cc1ccc(Cl)cc1)C1CCS(=O)(=O)C1. The van der Waals surface area contributed by atoms with Gasteiger partial charge in [-0.3, -0.25) is 14.9 Å². The van der Waals surface area contributed by atoms with E-state index in [1.165, 1.54) is 23.1 Å². The summed E-state index contributed by atoms with van der Waals surface area (Å²) in [6, 6.07) is 12.2. The maximum atomic E-state index is 12.9. The Kier molecular flexibility index (Phi) is 6.39. The van der Waals surface area contributed by atoms with Gasteiger partial charge in [-0.25, -0.2) is 8.42 Å². The lowest BCUT2D eigenvalue weighted by Gasteiger charge is -2.28. The van der Waals surface area contributed by atoms with Gasteiger partial charge >= 0.3 is 5.69 Å². The summed E-state index contributed by atoms with van der Waals surface area (Å²) < 4.78 is 29.2. The first-order chi connectivity index (χ1) is 13.7. The molecule has 1 heterocycles. The van der Waals surface area contributed by atoms with E-state index in [9.17, 15) is 23.3 Å². The number of hydrogen-bond donors (Lipinski definition) is 0. The molecule has 1 aliphatic heterocycles. The highest BCUT2D eigenvalue weighted by Crippen LogP contribution is 2.26. The van der Waals surface area contributed by atoms with Crippen LogP contribution in [0.2, 0.25) is 5.02 Å². The molecule has 0 radical (unpaired) electrons. The van der Waals surface area contributed by atoms with Crippen LogP contribution in [-0.2, 0) is 21.2 Å². The van der Waals surface area contributed by atoms with E-state index in [2.05, 4.69) is 0 Å². The molecule has 1 fully saturated rings. The van der Waals surface area contributed by atoms with Crippen LogP contribution in [0.15, 0.2) is 48.5 Å². The smallest absolute Gasteiger partial charge is 0.310 e. The van der Waals surface area contributed by atoms with E-state index >= 15 is 0 Å². The van der Waals surface area contributed by atoms with Gasteiger partial charge in [-0.1, -0.05) is 35.9 Å². The number of nitro groups is 1. The minimum atomic E-state index is -3.20. The Morgan fingerprint density at radius 1 is 1.21 bits per heavy atom. The van der Waals surface area contributed by atoms with Gasteiger partial charge in [0.2, 0.25) is 0 Å². The molecule has 1 saturated heterocycles. The van der Waals surface area contributed by atoms with Gasteiger partial charge in [0.25, 0.3) is 5.91 Å². The summed E-state index contributed by atoms with van der Waals surface area (Å²) in [5.41, 5.74) is 0.547. The molecule has 1 atom stereocenters. The van der Waals surface area contributed by atoms with Gasteiger partial charge < -0.3 is 9.64 Å². The van der Waals surface area contributed by atoms with Crippen molar-refractivity contribution in [3.63, 3.8) is 0 Å². The summed E-state index contributed by atoms with van der Waals surface area (Å²) in [6.45, 7) is -0.245. The van der Waals surface area contributed by atoms with Gasteiger partial charge in [0.15, 0.2) is 22.2 Å². The van der Waals surface area contributed by atoms with Crippen LogP contribution in [0.1, 0.15) is 12.0 Å². The summed E-state index contributed by atoms with van der Waals surface area (Å²) in [4.78, 5) is 24.9. The molecule has 0 aliphatic carbocycles. The summed E-state index contributed by atoms with van der Waals surface area (Å²) in [7, 11) is -3.20. The summed E-state index contributed by atoms with van der Waals surface area (Å²) in [5, 5.41) is 11.7. The van der Waals surface area contributed by atoms with Crippen LogP contribution in [-0.4, -0.2) is 48.3 Å². The van der Waals surface area contributed by atoms with Gasteiger partial charge in [0, 0.05) is 23.7 Å². The highest BCUT2D eigenvalue weighted by molar-refractivity contribution is 7.91. The molecule has 1 aliphatic rings. The molecular formula is C19H19ClN2O6S. The third-order valence-electron chi connectivity index (χ3n) is 4.65. The maximum absolute atomic E-state index is 12.9. The number of sulfone groups is 1. The van der Waals surface area contributed by atoms with Gasteiger partial charge in [-0.05, 0) is 30.2 Å². The predicted molar refractivity (Wildman–Crippen MR) is 108 cm³/mol. The second kappa shape index (κ2) is 8.79. The third kappa shape index (κ3) is 5.45. The number of amides is 1. The summed E-state index contributed by atoms with van der Waals surface area (Å²) >= 11 is 5.90. The Morgan fingerprint density at radius 2 is 1.90 bits per heavy atom. The number of rotatable bonds is 7. The lowest BCUT2D eigenvalue weighted by Crippen LogP contribution is -2.43. The van der Waals surface area contributed by atoms with E-state index in [0.29, 0.717) is 11.4 Å². The number of halogens is 1. The van der Waals surface area contributed by atoms with Crippen molar-refractivity contribution in [3.8, 4) is 5.75 Å². The van der Waals surface area contributed by atoms with Crippen LogP contribution in [0.5, 0.6) is 5.75 Å². The quantitative estimate of drug-likeness (QED) is 0.486. The van der Waals surface area contributed by atoms with Crippen molar-refractivity contribution in [2.24, 2.45) is 0 Å². The van der Waals surface area contributed by atoms with Crippen LogP contribution < -0.4 is 4.74 Å². The highest BCUT2D eigenvalue weighted by Gasteiger charge is 2.35. The number of carbonyl (C=O) groups is 1. The molecule has 2 aromatic rings. The molecule has 2 aromatic carbocycles. The van der Waals surface area contributed by atoms with E-state index in [1.807, 2.05) is 0 Å². The average Bonchev–Trinajstić information content (AvgIpc) is 3.05. The molecule has 0 aromatic heterocycles. The Labute approximate surface area is 173 Å². The second-order valence-corrected chi connectivity index (χ2v) is 9.38. The number of carbonyl (C=O) groups excluding carboxylic acids is 1. The predicted octanol–water partition coefficient (Wildman–Crippen LogP) is 2.84. The number of para-hydroxylation sites is 2. The second-order valence-electron chi connectivity index (χ2n) is 6.72. The van der Waals surface area contributed by atoms with Gasteiger partial charge in [-0.15, -0.1) is 0 Å². The van der Waals surface area contributed by atoms with Crippen molar-refractivity contribution >= 4 is 33.0 Å². The standard InChI is InChI=1S/C19H19ClN2O6S/c20-15-7-5-14(6-8-15)11-21(16-9-10-29(26,27)13-16)19(23)12-28-18-4-2-1-3-17(18)22(24)25/h1-8,16H,9-13H2. The monoisotopic (exact) mass is 438 g/mol. The lowest BCUT2D eigenvalue weighted by molar-refractivity contribution is -0.385. The lowest BCUT2D eigenvalue weighted by atomic mass is 10.1. The van der Waals surface area contributed by atoms with E-state index in [4.69, 9.17) is 16.3 Å². The Balaban J connectivity index is 1.77. The molecule has 0 spiro atoms. The molecule has 3 rings (SSSR count). The van der Waals surface area contributed by atoms with E-state index < -0.39 is 33.3 Å². The van der Waals surface area contributed by atoms with Crippen LogP contribution in [0.25, 0.3) is 0 Å². The Morgan fingerprint density at radius 3 is 2.52 bits per heavy atom. The molecule has 29 heavy (non-hydrogen) atoms. The topological polar surface area (TPSA) is 107 Å². The first-order valence-electron chi connectivity index (χ1n) is 8.86. The van der Waals surface area contributed by atoms with Gasteiger partial charge in [0.05, 0.1) is 16.4 Å². The largest absolute Gasteiger partial charge is 0.477 e. The fraction of sp³-hybridized carbons (Fsp3) is 0.316. The van der Waals surface area contributed by atoms with Crippen molar-refractivity contribution in [3.05, 3.63) is 69.2 Å². The molecule has 0 N–H and O–H groups in total. The third-order valence-corrected chi connectivity index (χ3v) is 6.65. The van der Waals surface area contributed by atoms with Crippen molar-refractivity contribution in [1.82, 2.24) is 4.90 Å². The maximum Gasteiger partial charge on any atom is 0.310 e. The fourth-order valence-electron chi connectivity index (χ4n) is 3.18. The zero-order valence-corrected chi connectivity index (χ0v) is 16.9. The zero-order valence-electron chi connectivity index (χ0n) is 15.4. The molecule has 10 heteroatoms. The van der Waals surface area contributed by atoms with Crippen molar-refractivity contribution < 1.29 is 22.9 Å². The molecule has 8 nitrogen and oxygen atoms in total. The van der Waals surface area contributed by atoms with E-state index in [-0.39, 0.29) is 29.5 Å². The number of ether oxygens (including phenoxy) is 1. The van der Waals surface area contributed by atoms with Crippen LogP contribution in [0.4, 0.5) is 5.69 Å². The number of nitrogens with zero attached hydrogens (tertiary/aromatic N) is 2. The molecule has 0 saturated carbocycles. The minimum Gasteiger partial charge on any atom is -0.477 e. The van der Waals surface area contributed by atoms with Crippen LogP contribution in [0, 0.1) is 10.1 Å². The molecule has 154 valence electrons. The van der Waals surface area contributed by atoms with Gasteiger partial charge in [-0.2, -0.15) is 0 Å². The normalized spacial score (nSPS) is 17.6. The first-order valence-corrected chi connectivity index (χ1v) is 11.1. The number of hydrogen-bond acceptors (Lipinski definition) is 6. The summed E-state index contributed by atoms with van der Waals surface area (Å²) in [6.07, 6.45) is 0.340. The van der Waals surface area contributed by atoms with Crippen molar-refractivity contribution in [1.29, 1.82) is 0 Å². The molecule has 0 bridgehead atoms. The van der Waals surface area contributed by atoms with Crippen LogP contribution >= 0.6 is 11.6 Å². The highest BCUT2D eigenvalue weighted by atomic mass is 35.5. The van der Waals surface area contributed by atoms with Crippen LogP contribution in [0.3, 0.4) is 0 Å². The molecule has 1 unspecified atom stereocenters. The number of benzene rings is 2. The van der Waals surface area contributed by atoms with E-state index in [1.54, 1.807) is 30.3 Å². The van der Waals surface area contributed by atoms with Crippen molar-refractivity contribution in [2.75, 3.05) is 18.1 Å². The number of nitro benzene ring substituents is 1. The van der Waals surface area contributed by atoms with Crippen molar-refractivity contribution in [2.45, 2.75) is 19.0 Å². The molecular weight excluding hydrogens is 420 g/mol. The summed E-state index contributed by atoms with van der Waals surface area (Å²) in [5.74, 6) is -0.554. The minimum absolute atomic E-state index is 0.0173. The zero-order chi connectivity index (χ0) is 21.0. The first kappa shape index (κ1) is 21.1. The van der Waals surface area contributed by atoms with E-state index in [0.717, 1.165) is 5.56 Å².